The van der Waals surface area contributed by atoms with Gasteiger partial charge in [0, 0.05) is 25.2 Å². The molecule has 1 aliphatic heterocycles. The third kappa shape index (κ3) is 6.98. The van der Waals surface area contributed by atoms with E-state index in [4.69, 9.17) is 9.73 Å². The first kappa shape index (κ1) is 22.6. The Morgan fingerprint density at radius 2 is 1.70 bits per heavy atom. The van der Waals surface area contributed by atoms with Crippen LogP contribution in [0.4, 0.5) is 5.69 Å². The van der Waals surface area contributed by atoms with E-state index in [1.807, 2.05) is 0 Å². The zero-order valence-electron chi connectivity index (χ0n) is 19.1. The third-order valence-corrected chi connectivity index (χ3v) is 5.75. The Hall–Kier alpha value is -2.13. The van der Waals surface area contributed by atoms with Gasteiger partial charge >= 0.3 is 0 Å². The molecule has 2 aromatic carbocycles. The molecule has 0 bridgehead atoms. The number of aliphatic imine (C=N–C) groups is 1. The minimum Gasteiger partial charge on any atom is -0.494 e. The first-order valence-electron chi connectivity index (χ1n) is 11.8. The number of hydrogen-bond acceptors (Lipinski definition) is 3. The van der Waals surface area contributed by atoms with Gasteiger partial charge in [0.1, 0.15) is 5.75 Å². The summed E-state index contributed by atoms with van der Waals surface area (Å²) in [6, 6.07) is 15.3. The zero-order chi connectivity index (χ0) is 21.2. The number of fused-ring (bicyclic) bond motifs is 1. The molecule has 0 amide bonds. The van der Waals surface area contributed by atoms with E-state index in [1.165, 1.54) is 48.1 Å². The fourth-order valence-corrected chi connectivity index (χ4v) is 3.94. The molecule has 162 valence electrons. The molecule has 0 saturated heterocycles. The number of rotatable bonds is 13. The van der Waals surface area contributed by atoms with E-state index >= 15 is 0 Å². The van der Waals surface area contributed by atoms with Gasteiger partial charge in [-0.3, -0.25) is 9.89 Å². The molecule has 0 unspecified atom stereocenters. The van der Waals surface area contributed by atoms with Crippen molar-refractivity contribution in [3.63, 3.8) is 0 Å². The average Bonchev–Trinajstić information content (AvgIpc) is 3.14. The maximum Gasteiger partial charge on any atom is 0.119 e. The Balaban J connectivity index is 1.60. The Kier molecular flexibility index (Phi) is 8.95. The van der Waals surface area contributed by atoms with Crippen molar-refractivity contribution in [1.29, 1.82) is 0 Å². The minimum absolute atomic E-state index is 0.797. The van der Waals surface area contributed by atoms with Crippen molar-refractivity contribution in [2.24, 2.45) is 4.99 Å². The Bertz CT molecular complexity index is 810. The lowest BCUT2D eigenvalue weighted by atomic mass is 10.1. The standard InChI is InChI=1S/C27H38N2O/c1-4-6-8-9-16-29(20-23-12-10-22(3)11-13-23)21-25-18-24-19-26(30-17-7-5-2)14-15-27(24)28-25/h10-15,19H,4-9,16-18,20-21H2,1-3H3. The van der Waals surface area contributed by atoms with Gasteiger partial charge < -0.3 is 4.74 Å². The van der Waals surface area contributed by atoms with E-state index in [-0.39, 0.29) is 0 Å². The molecule has 0 saturated carbocycles. The van der Waals surface area contributed by atoms with Gasteiger partial charge in [-0.1, -0.05) is 69.4 Å². The third-order valence-electron chi connectivity index (χ3n) is 5.75. The molecule has 0 radical (unpaired) electrons. The molecule has 0 atom stereocenters. The molecule has 0 aliphatic carbocycles. The molecule has 3 heteroatoms. The second-order valence-electron chi connectivity index (χ2n) is 8.60. The number of ether oxygens (including phenoxy) is 1. The van der Waals surface area contributed by atoms with Gasteiger partial charge in [0.05, 0.1) is 12.3 Å². The summed E-state index contributed by atoms with van der Waals surface area (Å²) in [6.45, 7) is 10.5. The van der Waals surface area contributed by atoms with Crippen molar-refractivity contribution in [2.45, 2.75) is 72.3 Å². The van der Waals surface area contributed by atoms with Crippen LogP contribution in [0.2, 0.25) is 0 Å². The van der Waals surface area contributed by atoms with Crippen LogP contribution in [0.25, 0.3) is 0 Å². The molecule has 3 rings (SSSR count). The maximum atomic E-state index is 5.89. The molecule has 0 spiro atoms. The molecular formula is C27H38N2O. The largest absolute Gasteiger partial charge is 0.494 e. The molecule has 0 N–H and O–H groups in total. The highest BCUT2D eigenvalue weighted by Crippen LogP contribution is 2.30. The van der Waals surface area contributed by atoms with Gasteiger partial charge in [-0.25, -0.2) is 0 Å². The molecule has 0 fully saturated rings. The Morgan fingerprint density at radius 3 is 2.47 bits per heavy atom. The van der Waals surface area contributed by atoms with Crippen LogP contribution >= 0.6 is 0 Å². The predicted molar refractivity (Wildman–Crippen MR) is 128 cm³/mol. The van der Waals surface area contributed by atoms with Gasteiger partial charge in [-0.2, -0.15) is 0 Å². The van der Waals surface area contributed by atoms with Crippen LogP contribution in [0.5, 0.6) is 5.75 Å². The van der Waals surface area contributed by atoms with Crippen molar-refractivity contribution in [2.75, 3.05) is 19.7 Å². The summed E-state index contributed by atoms with van der Waals surface area (Å²) in [5, 5.41) is 0. The lowest BCUT2D eigenvalue weighted by Gasteiger charge is -2.22. The van der Waals surface area contributed by atoms with E-state index in [2.05, 4.69) is 68.1 Å². The van der Waals surface area contributed by atoms with Crippen molar-refractivity contribution in [3.05, 3.63) is 59.2 Å². The van der Waals surface area contributed by atoms with E-state index in [0.29, 0.717) is 0 Å². The summed E-state index contributed by atoms with van der Waals surface area (Å²) in [5.41, 5.74) is 6.41. The molecule has 1 aliphatic rings. The second-order valence-corrected chi connectivity index (χ2v) is 8.60. The lowest BCUT2D eigenvalue weighted by Crippen LogP contribution is -2.30. The lowest BCUT2D eigenvalue weighted by molar-refractivity contribution is 0.294. The van der Waals surface area contributed by atoms with Crippen molar-refractivity contribution >= 4 is 11.4 Å². The van der Waals surface area contributed by atoms with Gasteiger partial charge in [0.15, 0.2) is 0 Å². The summed E-state index contributed by atoms with van der Waals surface area (Å²) >= 11 is 0. The molecule has 2 aromatic rings. The Morgan fingerprint density at radius 1 is 0.900 bits per heavy atom. The van der Waals surface area contributed by atoms with Crippen molar-refractivity contribution in [3.8, 4) is 5.75 Å². The predicted octanol–water partition coefficient (Wildman–Crippen LogP) is 6.89. The van der Waals surface area contributed by atoms with Gasteiger partial charge in [0.2, 0.25) is 0 Å². The van der Waals surface area contributed by atoms with Crippen LogP contribution in [0, 0.1) is 6.92 Å². The molecule has 30 heavy (non-hydrogen) atoms. The normalized spacial score (nSPS) is 12.9. The van der Waals surface area contributed by atoms with Gasteiger partial charge in [-0.15, -0.1) is 0 Å². The van der Waals surface area contributed by atoms with E-state index < -0.39 is 0 Å². The summed E-state index contributed by atoms with van der Waals surface area (Å²) in [5.74, 6) is 0.981. The molecule has 3 nitrogen and oxygen atoms in total. The summed E-state index contributed by atoms with van der Waals surface area (Å²) in [7, 11) is 0. The van der Waals surface area contributed by atoms with E-state index in [0.717, 1.165) is 56.9 Å². The first-order valence-corrected chi connectivity index (χ1v) is 11.8. The SMILES string of the molecule is CCCCCCN(CC1=Nc2ccc(OCCCC)cc2C1)Cc1ccc(C)cc1. The van der Waals surface area contributed by atoms with Gasteiger partial charge in [-0.05, 0) is 55.6 Å². The highest BCUT2D eigenvalue weighted by Gasteiger charge is 2.18. The van der Waals surface area contributed by atoms with Crippen LogP contribution < -0.4 is 4.74 Å². The fraction of sp³-hybridized carbons (Fsp3) is 0.519. The topological polar surface area (TPSA) is 24.8 Å². The van der Waals surface area contributed by atoms with E-state index in [9.17, 15) is 0 Å². The molecule has 1 heterocycles. The van der Waals surface area contributed by atoms with Crippen LogP contribution in [0.1, 0.15) is 69.1 Å². The highest BCUT2D eigenvalue weighted by atomic mass is 16.5. The average molecular weight is 407 g/mol. The summed E-state index contributed by atoms with van der Waals surface area (Å²) in [4.78, 5) is 7.52. The van der Waals surface area contributed by atoms with E-state index in [1.54, 1.807) is 0 Å². The van der Waals surface area contributed by atoms with Gasteiger partial charge in [0.25, 0.3) is 0 Å². The second kappa shape index (κ2) is 11.9. The number of aryl methyl sites for hydroxylation is 1. The smallest absolute Gasteiger partial charge is 0.119 e. The highest BCUT2D eigenvalue weighted by molar-refractivity contribution is 5.95. The van der Waals surface area contributed by atoms with Crippen LogP contribution in [-0.2, 0) is 13.0 Å². The Labute approximate surface area is 183 Å². The number of benzene rings is 2. The van der Waals surface area contributed by atoms with Crippen LogP contribution in [0.3, 0.4) is 0 Å². The quantitative estimate of drug-likeness (QED) is 0.339. The van der Waals surface area contributed by atoms with Crippen molar-refractivity contribution < 1.29 is 4.74 Å². The maximum absolute atomic E-state index is 5.89. The molecular weight excluding hydrogens is 368 g/mol. The number of nitrogens with zero attached hydrogens (tertiary/aromatic N) is 2. The molecule has 0 aromatic heterocycles. The minimum atomic E-state index is 0.797. The first-order chi connectivity index (χ1) is 14.7. The fourth-order valence-electron chi connectivity index (χ4n) is 3.94. The van der Waals surface area contributed by atoms with Crippen LogP contribution in [0.15, 0.2) is 47.5 Å². The van der Waals surface area contributed by atoms with Crippen LogP contribution in [-0.4, -0.2) is 30.3 Å². The monoisotopic (exact) mass is 406 g/mol. The summed E-state index contributed by atoms with van der Waals surface area (Å²) in [6.07, 6.45) is 8.38. The zero-order valence-corrected chi connectivity index (χ0v) is 19.1. The number of hydrogen-bond donors (Lipinski definition) is 0. The summed E-state index contributed by atoms with van der Waals surface area (Å²) < 4.78 is 5.89. The van der Waals surface area contributed by atoms with Crippen molar-refractivity contribution in [1.82, 2.24) is 4.90 Å². The number of unbranched alkanes of at least 4 members (excludes halogenated alkanes) is 4.